The first kappa shape index (κ1) is 17.8. The lowest BCUT2D eigenvalue weighted by molar-refractivity contribution is -0.129. The monoisotopic (exact) mass is 344 g/mol. The Morgan fingerprint density at radius 2 is 1.67 bits per heavy atom. The van der Waals surface area contributed by atoms with Crippen molar-refractivity contribution in [2.24, 2.45) is 0 Å². The first-order valence-corrected chi connectivity index (χ1v) is 6.87. The Kier molecular flexibility index (Phi) is 6.05. The van der Waals surface area contributed by atoms with Crippen LogP contribution in [0.15, 0.2) is 30.8 Å². The summed E-state index contributed by atoms with van der Waals surface area (Å²) in [4.78, 5) is 11.3. The van der Waals surface area contributed by atoms with Gasteiger partial charge in [0, 0.05) is 29.6 Å². The number of alkyl halides is 5. The third kappa shape index (κ3) is 6.36. The van der Waals surface area contributed by atoms with E-state index in [1.165, 1.54) is 34.5 Å². The van der Waals surface area contributed by atoms with Crippen LogP contribution in [0.5, 0.6) is 0 Å². The van der Waals surface area contributed by atoms with Crippen molar-refractivity contribution in [3.63, 3.8) is 0 Å². The van der Waals surface area contributed by atoms with Gasteiger partial charge in [-0.2, -0.15) is 26.1 Å². The van der Waals surface area contributed by atoms with E-state index in [1.807, 2.05) is 5.32 Å². The fourth-order valence-electron chi connectivity index (χ4n) is 1.07. The number of nitrogens with one attached hydrogen (secondary N) is 2. The molecule has 10 heteroatoms. The lowest BCUT2D eigenvalue weighted by atomic mass is 10.2. The van der Waals surface area contributed by atoms with E-state index in [9.17, 15) is 26.7 Å². The molecule has 1 amide bonds. The maximum absolute atomic E-state index is 13.3. The number of carbonyl (C=O) groups is 1. The molecule has 0 heterocycles. The van der Waals surface area contributed by atoms with Crippen LogP contribution < -0.4 is 9.44 Å². The van der Waals surface area contributed by atoms with E-state index in [4.69, 9.17) is 0 Å². The second-order valence-corrected chi connectivity index (χ2v) is 5.58. The van der Waals surface area contributed by atoms with Crippen molar-refractivity contribution >= 4 is 41.6 Å². The van der Waals surface area contributed by atoms with E-state index in [0.29, 0.717) is 0 Å². The lowest BCUT2D eigenvalue weighted by Gasteiger charge is -2.15. The van der Waals surface area contributed by atoms with Gasteiger partial charge in [0.15, 0.2) is 0 Å². The van der Waals surface area contributed by atoms with Crippen LogP contribution in [0.4, 0.5) is 27.6 Å². The minimum absolute atomic E-state index is 0.0920. The average Bonchev–Trinajstić information content (AvgIpc) is 2.37. The Labute approximate surface area is 125 Å². The molecular weight excluding hydrogens is 335 g/mol. The van der Waals surface area contributed by atoms with Gasteiger partial charge in [0.2, 0.25) is 0 Å². The van der Waals surface area contributed by atoms with Gasteiger partial charge >= 0.3 is 16.7 Å². The second-order valence-electron chi connectivity index (χ2n) is 3.53. The number of amides is 1. The number of halogens is 5. The molecule has 0 fully saturated rings. The molecule has 0 aromatic heterocycles. The molecule has 3 nitrogen and oxygen atoms in total. The maximum atomic E-state index is 13.3. The number of benzene rings is 1. The zero-order valence-electron chi connectivity index (χ0n) is 10.2. The normalized spacial score (nSPS) is 12.0. The van der Waals surface area contributed by atoms with Gasteiger partial charge in [0.25, 0.3) is 0 Å². The minimum atomic E-state index is -4.72. The zero-order chi connectivity index (χ0) is 16.1. The number of carbonyl (C=O) groups excluding carboxylic acids is 1. The smallest absolute Gasteiger partial charge is 0.320 e. The van der Waals surface area contributed by atoms with Crippen LogP contribution in [0.3, 0.4) is 0 Å². The molecule has 1 aromatic carbocycles. The molecule has 0 atom stereocenters. The highest BCUT2D eigenvalue weighted by Gasteiger charge is 2.41. The number of anilines is 1. The van der Waals surface area contributed by atoms with Crippen molar-refractivity contribution in [2.75, 3.05) is 5.32 Å². The van der Waals surface area contributed by atoms with Crippen LogP contribution in [-0.2, 0) is 4.79 Å². The highest BCUT2D eigenvalue weighted by molar-refractivity contribution is 8.13. The Bertz CT molecular complexity index is 504. The van der Waals surface area contributed by atoms with Gasteiger partial charge in [-0.15, -0.1) is 0 Å². The molecular formula is C11H9F5N2OS2. The van der Waals surface area contributed by atoms with Gasteiger partial charge in [0.1, 0.15) is 0 Å². The summed E-state index contributed by atoms with van der Waals surface area (Å²) in [5.41, 5.74) is -3.91. The molecule has 2 N–H and O–H groups in total. The molecule has 0 radical (unpaired) electrons. The molecule has 0 saturated carbocycles. The molecule has 1 rings (SSSR count). The fourth-order valence-corrected chi connectivity index (χ4v) is 2.18. The standard InChI is InChI=1S/C11H9F5N2OS2/c1-2-7-3-5-8(6-4-7)17-9(19)10(12,13)20-18-21-11(14,15)16/h2-6,18H,1H2,(H,17,19). The van der Waals surface area contributed by atoms with E-state index in [0.717, 1.165) is 5.56 Å². The van der Waals surface area contributed by atoms with E-state index in [1.54, 1.807) is 0 Å². The molecule has 0 saturated heterocycles. The quantitative estimate of drug-likeness (QED) is 0.597. The van der Waals surface area contributed by atoms with Crippen molar-refractivity contribution in [1.82, 2.24) is 4.13 Å². The summed E-state index contributed by atoms with van der Waals surface area (Å²) in [6.45, 7) is 3.50. The van der Waals surface area contributed by atoms with Crippen molar-refractivity contribution in [1.29, 1.82) is 0 Å². The molecule has 0 aliphatic heterocycles. The average molecular weight is 344 g/mol. The van der Waals surface area contributed by atoms with Gasteiger partial charge in [-0.25, -0.2) is 0 Å². The zero-order valence-corrected chi connectivity index (χ0v) is 11.8. The molecule has 116 valence electrons. The van der Waals surface area contributed by atoms with E-state index in [-0.39, 0.29) is 5.69 Å². The Morgan fingerprint density at radius 3 is 2.14 bits per heavy atom. The number of hydrogen-bond donors (Lipinski definition) is 2. The van der Waals surface area contributed by atoms with Crippen molar-refractivity contribution in [2.45, 2.75) is 10.8 Å². The van der Waals surface area contributed by atoms with Gasteiger partial charge in [-0.1, -0.05) is 24.8 Å². The van der Waals surface area contributed by atoms with Crippen molar-refractivity contribution in [3.05, 3.63) is 36.4 Å². The summed E-state index contributed by atoms with van der Waals surface area (Å²) >= 11 is -1.50. The summed E-state index contributed by atoms with van der Waals surface area (Å²) in [6.07, 6.45) is 1.52. The van der Waals surface area contributed by atoms with Crippen LogP contribution in [0.1, 0.15) is 5.56 Å². The van der Waals surface area contributed by atoms with Crippen LogP contribution >= 0.6 is 23.9 Å². The fraction of sp³-hybridized carbons (Fsp3) is 0.182. The molecule has 1 aromatic rings. The predicted octanol–water partition coefficient (Wildman–Crippen LogP) is 4.27. The van der Waals surface area contributed by atoms with E-state index in [2.05, 4.69) is 6.58 Å². The third-order valence-electron chi connectivity index (χ3n) is 2.00. The number of rotatable bonds is 6. The van der Waals surface area contributed by atoms with Gasteiger partial charge in [-0.3, -0.25) is 4.79 Å². The van der Waals surface area contributed by atoms with Crippen molar-refractivity contribution in [3.8, 4) is 0 Å². The SMILES string of the molecule is C=Cc1ccc(NC(=O)C(F)(F)SNSC(F)(F)F)cc1. The maximum Gasteiger partial charge on any atom is 0.456 e. The third-order valence-corrected chi connectivity index (χ3v) is 3.34. The summed E-state index contributed by atoms with van der Waals surface area (Å²) in [6, 6.07) is 5.80. The summed E-state index contributed by atoms with van der Waals surface area (Å²) in [5.74, 6) is -1.73. The topological polar surface area (TPSA) is 41.1 Å². The Balaban J connectivity index is 2.57. The highest BCUT2D eigenvalue weighted by Crippen LogP contribution is 2.35. The summed E-state index contributed by atoms with van der Waals surface area (Å²) in [7, 11) is 0. The Morgan fingerprint density at radius 1 is 1.10 bits per heavy atom. The summed E-state index contributed by atoms with van der Waals surface area (Å²) < 4.78 is 63.3. The van der Waals surface area contributed by atoms with E-state index < -0.39 is 40.6 Å². The first-order valence-electron chi connectivity index (χ1n) is 5.23. The predicted molar refractivity (Wildman–Crippen MR) is 74.5 cm³/mol. The van der Waals surface area contributed by atoms with E-state index >= 15 is 0 Å². The Hall–Kier alpha value is -1.26. The highest BCUT2D eigenvalue weighted by atomic mass is 32.2. The molecule has 21 heavy (non-hydrogen) atoms. The largest absolute Gasteiger partial charge is 0.456 e. The molecule has 0 spiro atoms. The van der Waals surface area contributed by atoms with Crippen LogP contribution in [0.25, 0.3) is 6.08 Å². The van der Waals surface area contributed by atoms with Crippen molar-refractivity contribution < 1.29 is 26.7 Å². The minimum Gasteiger partial charge on any atom is -0.320 e. The van der Waals surface area contributed by atoms with Gasteiger partial charge < -0.3 is 5.32 Å². The number of hydrogen-bond acceptors (Lipinski definition) is 4. The lowest BCUT2D eigenvalue weighted by Crippen LogP contribution is -2.33. The molecule has 0 unspecified atom stereocenters. The molecule has 0 aliphatic rings. The van der Waals surface area contributed by atoms with Crippen LogP contribution in [-0.4, -0.2) is 16.7 Å². The molecule has 0 aliphatic carbocycles. The summed E-state index contributed by atoms with van der Waals surface area (Å²) in [5, 5.41) is -2.15. The molecule has 0 bridgehead atoms. The van der Waals surface area contributed by atoms with Crippen LogP contribution in [0.2, 0.25) is 0 Å². The van der Waals surface area contributed by atoms with Crippen LogP contribution in [0, 0.1) is 0 Å². The first-order chi connectivity index (χ1) is 9.64. The van der Waals surface area contributed by atoms with Gasteiger partial charge in [-0.05, 0) is 17.7 Å². The van der Waals surface area contributed by atoms with Gasteiger partial charge in [0.05, 0.1) is 0 Å². The second kappa shape index (κ2) is 7.14.